The van der Waals surface area contributed by atoms with Crippen molar-refractivity contribution in [1.29, 1.82) is 0 Å². The minimum Gasteiger partial charge on any atom is -0.447 e. The van der Waals surface area contributed by atoms with Crippen LogP contribution in [0.5, 0.6) is 0 Å². The number of H-pyrrole nitrogens is 1. The zero-order chi connectivity index (χ0) is 20.1. The minimum atomic E-state index is -1.75. The number of aromatic nitrogens is 1. The summed E-state index contributed by atoms with van der Waals surface area (Å²) in [6.45, 7) is 0.349. The number of carbonyl (C=O) groups excluding carboxylic acids is 1. The molecule has 5 nitrogen and oxygen atoms in total. The van der Waals surface area contributed by atoms with Crippen LogP contribution in [-0.4, -0.2) is 49.2 Å². The Morgan fingerprint density at radius 1 is 1.57 bits per heavy atom. The van der Waals surface area contributed by atoms with Gasteiger partial charge >= 0.3 is 6.09 Å². The summed E-state index contributed by atoms with van der Waals surface area (Å²) in [6.07, 6.45) is 0.899. The van der Waals surface area contributed by atoms with Gasteiger partial charge in [-0.25, -0.2) is 4.79 Å². The third kappa shape index (κ3) is 3.19. The molecule has 2 aromatic rings. The van der Waals surface area contributed by atoms with Gasteiger partial charge in [-0.05, 0) is 50.1 Å². The Bertz CT molecular complexity index is 916. The fourth-order valence-corrected chi connectivity index (χ4v) is 2.23. The topological polar surface area (TPSA) is 57.4 Å². The van der Waals surface area contributed by atoms with E-state index < -0.39 is 12.1 Å². The normalized spacial score (nSPS) is 26.2. The molecule has 21 heavy (non-hydrogen) atoms. The summed E-state index contributed by atoms with van der Waals surface area (Å²) in [7, 11) is 3.82. The predicted octanol–water partition coefficient (Wildman–Crippen LogP) is 1.92. The number of alkyl carbamates (subject to hydrolysis) is 1. The number of ether oxygens (including phenoxy) is 1. The van der Waals surface area contributed by atoms with Gasteiger partial charge in [-0.2, -0.15) is 0 Å². The summed E-state index contributed by atoms with van der Waals surface area (Å²) in [5.41, 5.74) is 1.01. The number of hydrogen-bond acceptors (Lipinski definition) is 3. The number of fused-ring (bicyclic) bond motifs is 1. The first-order valence-corrected chi connectivity index (χ1v) is 6.79. The average molecular weight is 293 g/mol. The van der Waals surface area contributed by atoms with Crippen LogP contribution < -0.4 is 5.31 Å². The number of aromatic amines is 1. The Hall–Kier alpha value is -2.01. The van der Waals surface area contributed by atoms with E-state index in [0.717, 1.165) is 4.98 Å². The molecule has 0 bridgehead atoms. The van der Waals surface area contributed by atoms with Crippen LogP contribution in [0.2, 0.25) is 2.82 Å². The largest absolute Gasteiger partial charge is 0.447 e. The van der Waals surface area contributed by atoms with Crippen LogP contribution in [0.15, 0.2) is 24.3 Å². The third-order valence-electron chi connectivity index (χ3n) is 3.34. The van der Waals surface area contributed by atoms with Gasteiger partial charge in [-0.15, -0.1) is 0 Å². The van der Waals surface area contributed by atoms with E-state index in [0.29, 0.717) is 29.2 Å². The lowest BCUT2D eigenvalue weighted by Crippen LogP contribution is -2.28. The van der Waals surface area contributed by atoms with Crippen LogP contribution in [0.3, 0.4) is 0 Å². The number of likely N-dealkylation sites (N-methyl/N-ethyl adjacent to an activating group) is 1. The SMILES string of the molecule is [2H]c1c(C[C@@]2([2H])COC(=O)N2[2H])c([2H])c2c(CCN(C)C)cn([2H])c2c1[2H]. The summed E-state index contributed by atoms with van der Waals surface area (Å²) in [5.74, 6) is 0. The maximum absolute atomic E-state index is 11.5. The maximum atomic E-state index is 11.5. The van der Waals surface area contributed by atoms with Crippen LogP contribution in [0.1, 0.15) is 16.6 Å². The Labute approximate surface area is 132 Å². The lowest BCUT2D eigenvalue weighted by Gasteiger charge is -2.09. The lowest BCUT2D eigenvalue weighted by molar-refractivity contribution is 0.177. The first kappa shape index (κ1) is 8.44. The van der Waals surface area contributed by atoms with Crippen LogP contribution >= 0.6 is 0 Å². The number of amides is 1. The van der Waals surface area contributed by atoms with Crippen molar-refractivity contribution in [2.75, 3.05) is 27.2 Å². The molecular formula is C16H21N3O2. The highest BCUT2D eigenvalue weighted by atomic mass is 16.6. The van der Waals surface area contributed by atoms with E-state index in [4.69, 9.17) is 13.0 Å². The summed E-state index contributed by atoms with van der Waals surface area (Å²) >= 11 is 0. The van der Waals surface area contributed by atoms with Gasteiger partial charge in [0, 0.05) is 23.6 Å². The van der Waals surface area contributed by atoms with Crippen molar-refractivity contribution in [3.8, 4) is 0 Å². The summed E-state index contributed by atoms with van der Waals surface area (Å²) in [4.78, 5) is 14.4. The molecule has 1 aliphatic rings. The Morgan fingerprint density at radius 2 is 2.43 bits per heavy atom. The summed E-state index contributed by atoms with van der Waals surface area (Å²) < 4.78 is 54.0. The molecule has 0 unspecified atom stereocenters. The number of hydrogen-bond donors (Lipinski definition) is 2. The molecular weight excluding hydrogens is 266 g/mol. The Kier molecular flexibility index (Phi) is 2.32. The van der Waals surface area contributed by atoms with Crippen molar-refractivity contribution >= 4 is 17.0 Å². The van der Waals surface area contributed by atoms with Gasteiger partial charge in [0.05, 0.1) is 11.5 Å². The third-order valence-corrected chi connectivity index (χ3v) is 3.34. The van der Waals surface area contributed by atoms with Crippen LogP contribution in [-0.2, 0) is 17.6 Å². The second-order valence-electron chi connectivity index (χ2n) is 5.32. The molecule has 0 aliphatic carbocycles. The van der Waals surface area contributed by atoms with Gasteiger partial charge in [-0.3, -0.25) is 0 Å². The van der Waals surface area contributed by atoms with Crippen molar-refractivity contribution in [3.05, 3.63) is 35.5 Å². The minimum absolute atomic E-state index is 0.0369. The average Bonchev–Trinajstić information content (AvgIpc) is 3.07. The van der Waals surface area contributed by atoms with Crippen LogP contribution in [0, 0.1) is 0 Å². The maximum Gasteiger partial charge on any atom is 0.407 e. The molecule has 1 fully saturated rings. The van der Waals surface area contributed by atoms with E-state index in [1.165, 1.54) is 0 Å². The number of carbonyl (C=O) groups is 1. The molecule has 1 saturated heterocycles. The van der Waals surface area contributed by atoms with Gasteiger partial charge in [0.25, 0.3) is 0 Å². The number of nitrogens with zero attached hydrogens (tertiary/aromatic N) is 1. The smallest absolute Gasteiger partial charge is 0.407 e. The molecule has 1 aromatic carbocycles. The van der Waals surface area contributed by atoms with Gasteiger partial charge in [0.15, 0.2) is 2.82 Å². The Morgan fingerprint density at radius 3 is 3.14 bits per heavy atom. The molecule has 5 heteroatoms. The number of cyclic esters (lactones) is 1. The van der Waals surface area contributed by atoms with Gasteiger partial charge in [0.2, 0.25) is 0 Å². The second-order valence-corrected chi connectivity index (χ2v) is 5.32. The van der Waals surface area contributed by atoms with E-state index in [1.807, 2.05) is 19.0 Å². The molecule has 2 heterocycles. The van der Waals surface area contributed by atoms with Crippen molar-refractivity contribution in [3.63, 3.8) is 0 Å². The van der Waals surface area contributed by atoms with Crippen molar-refractivity contribution in [1.82, 2.24) is 15.2 Å². The van der Waals surface area contributed by atoms with E-state index in [9.17, 15) is 4.79 Å². The predicted molar refractivity (Wildman–Crippen MR) is 82.5 cm³/mol. The quantitative estimate of drug-likeness (QED) is 0.885. The first-order valence-electron chi connectivity index (χ1n) is 9.68. The van der Waals surface area contributed by atoms with E-state index >= 15 is 0 Å². The highest BCUT2D eigenvalue weighted by Gasteiger charge is 2.22. The zero-order valence-electron chi connectivity index (χ0n) is 18.1. The summed E-state index contributed by atoms with van der Waals surface area (Å²) in [6, 6.07) is -2.26. The van der Waals surface area contributed by atoms with E-state index in [-0.39, 0.29) is 42.2 Å². The molecule has 1 amide bonds. The Balaban J connectivity index is 2.13. The van der Waals surface area contributed by atoms with Crippen LogP contribution in [0.25, 0.3) is 10.9 Å². The number of rotatable bonds is 5. The van der Waals surface area contributed by atoms with Crippen LogP contribution in [0.4, 0.5) is 4.79 Å². The molecule has 1 atom stereocenters. The van der Waals surface area contributed by atoms with Gasteiger partial charge < -0.3 is 19.9 Å². The molecule has 1 aromatic heterocycles. The molecule has 2 N–H and O–H groups in total. The molecule has 0 spiro atoms. The van der Waals surface area contributed by atoms with Crippen molar-refractivity contribution in [2.45, 2.75) is 18.9 Å². The van der Waals surface area contributed by atoms with E-state index in [1.54, 1.807) is 6.20 Å². The highest BCUT2D eigenvalue weighted by molar-refractivity contribution is 5.84. The number of nitrogens with one attached hydrogen (secondary N) is 2. The monoisotopic (exact) mass is 293 g/mol. The van der Waals surface area contributed by atoms with Crippen molar-refractivity contribution < 1.29 is 17.8 Å². The zero-order valence-corrected chi connectivity index (χ0v) is 12.1. The van der Waals surface area contributed by atoms with Gasteiger partial charge in [-0.1, -0.05) is 6.04 Å². The van der Waals surface area contributed by atoms with Gasteiger partial charge in [0.1, 0.15) is 6.61 Å². The first-order chi connectivity index (χ1) is 12.6. The van der Waals surface area contributed by atoms with Crippen molar-refractivity contribution in [2.24, 2.45) is 0 Å². The second kappa shape index (κ2) is 5.77. The molecule has 0 saturated carbocycles. The molecule has 0 radical (unpaired) electrons. The number of benzene rings is 1. The standard InChI is InChI=1S/C16H21N3O2/c1-19(2)6-5-12-9-17-15-4-3-11(8-14(12)15)7-13-10-21-16(20)18-13/h3-4,8-9,13,17H,5-7,10H2,1-2H3,(H,18,20)/t13-/m0/s1/i3D,4D,8D,13D/hD2. The highest BCUT2D eigenvalue weighted by Crippen LogP contribution is 2.21. The fourth-order valence-electron chi connectivity index (χ4n) is 2.23. The summed E-state index contributed by atoms with van der Waals surface area (Å²) in [5, 5.41) is 0.815. The molecule has 3 rings (SSSR count). The fraction of sp³-hybridized carbons (Fsp3) is 0.438. The molecule has 1 aliphatic heterocycles. The molecule has 112 valence electrons. The lowest BCUT2D eigenvalue weighted by atomic mass is 10.0. The van der Waals surface area contributed by atoms with E-state index in [2.05, 4.69) is 0 Å².